The van der Waals surface area contributed by atoms with Gasteiger partial charge in [-0.15, -0.1) is 0 Å². The molecule has 33 heavy (non-hydrogen) atoms. The molecule has 0 aliphatic heterocycles. The standard InChI is InChI=1S/C26H24N4O3/c1-2-32-22-14-10-21(11-15-22)24-16-25(29-28-24)26(31)30-27-17-19-8-12-23(13-9-19)33-18-20-6-4-3-5-7-20/h3-17H,2,18H2,1H3,(H,28,29)(H,30,31)/b27-17+. The fraction of sp³-hybridized carbons (Fsp3) is 0.115. The summed E-state index contributed by atoms with van der Waals surface area (Å²) in [6.07, 6.45) is 1.57. The van der Waals surface area contributed by atoms with Gasteiger partial charge in [0.25, 0.3) is 5.91 Å². The van der Waals surface area contributed by atoms with Gasteiger partial charge >= 0.3 is 0 Å². The summed E-state index contributed by atoms with van der Waals surface area (Å²) in [7, 11) is 0. The van der Waals surface area contributed by atoms with Gasteiger partial charge < -0.3 is 9.47 Å². The number of hydrogen-bond acceptors (Lipinski definition) is 5. The molecule has 7 nitrogen and oxygen atoms in total. The molecule has 2 N–H and O–H groups in total. The number of nitrogens with one attached hydrogen (secondary N) is 2. The number of ether oxygens (including phenoxy) is 2. The molecule has 4 rings (SSSR count). The van der Waals surface area contributed by atoms with Gasteiger partial charge in [-0.1, -0.05) is 30.3 Å². The molecule has 1 aromatic heterocycles. The molecule has 3 aromatic carbocycles. The molecule has 0 aliphatic rings. The number of aromatic amines is 1. The van der Waals surface area contributed by atoms with Crippen LogP contribution < -0.4 is 14.9 Å². The van der Waals surface area contributed by atoms with Gasteiger partial charge in [-0.05, 0) is 72.6 Å². The van der Waals surface area contributed by atoms with Crippen molar-refractivity contribution in [2.24, 2.45) is 5.10 Å². The highest BCUT2D eigenvalue weighted by Crippen LogP contribution is 2.21. The molecule has 0 saturated carbocycles. The normalized spacial score (nSPS) is 10.8. The van der Waals surface area contributed by atoms with Crippen LogP contribution in [0.2, 0.25) is 0 Å². The molecule has 1 heterocycles. The van der Waals surface area contributed by atoms with Crippen LogP contribution >= 0.6 is 0 Å². The Morgan fingerprint density at radius 2 is 1.67 bits per heavy atom. The summed E-state index contributed by atoms with van der Waals surface area (Å²) >= 11 is 0. The number of carbonyl (C=O) groups is 1. The molecule has 4 aromatic rings. The Morgan fingerprint density at radius 3 is 2.39 bits per heavy atom. The number of benzene rings is 3. The van der Waals surface area contributed by atoms with Crippen molar-refractivity contribution in [1.82, 2.24) is 15.6 Å². The Labute approximate surface area is 192 Å². The number of aromatic nitrogens is 2. The third-order valence-corrected chi connectivity index (χ3v) is 4.79. The number of hydrazone groups is 1. The van der Waals surface area contributed by atoms with Crippen molar-refractivity contribution in [3.63, 3.8) is 0 Å². The van der Waals surface area contributed by atoms with E-state index in [-0.39, 0.29) is 5.91 Å². The third-order valence-electron chi connectivity index (χ3n) is 4.79. The van der Waals surface area contributed by atoms with Crippen molar-refractivity contribution in [3.8, 4) is 22.8 Å². The lowest BCUT2D eigenvalue weighted by atomic mass is 10.1. The highest BCUT2D eigenvalue weighted by atomic mass is 16.5. The summed E-state index contributed by atoms with van der Waals surface area (Å²) in [5, 5.41) is 11.0. The first kappa shape index (κ1) is 21.8. The lowest BCUT2D eigenvalue weighted by Gasteiger charge is -2.06. The van der Waals surface area contributed by atoms with E-state index in [2.05, 4.69) is 20.7 Å². The van der Waals surface area contributed by atoms with Crippen molar-refractivity contribution in [3.05, 3.63) is 102 Å². The molecule has 0 aliphatic carbocycles. The molecule has 0 atom stereocenters. The quantitative estimate of drug-likeness (QED) is 0.289. The van der Waals surface area contributed by atoms with E-state index >= 15 is 0 Å². The van der Waals surface area contributed by atoms with Crippen LogP contribution in [0.1, 0.15) is 28.5 Å². The van der Waals surface area contributed by atoms with E-state index in [1.165, 1.54) is 0 Å². The minimum Gasteiger partial charge on any atom is -0.494 e. The lowest BCUT2D eigenvalue weighted by Crippen LogP contribution is -2.17. The maximum atomic E-state index is 12.4. The Balaban J connectivity index is 1.29. The zero-order chi connectivity index (χ0) is 22.9. The maximum Gasteiger partial charge on any atom is 0.289 e. The van der Waals surface area contributed by atoms with E-state index < -0.39 is 0 Å². The second kappa shape index (κ2) is 10.8. The second-order valence-electron chi connectivity index (χ2n) is 7.17. The fourth-order valence-electron chi connectivity index (χ4n) is 3.09. The molecule has 0 unspecified atom stereocenters. The minimum atomic E-state index is -0.376. The number of nitrogens with zero attached hydrogens (tertiary/aromatic N) is 2. The summed E-state index contributed by atoms with van der Waals surface area (Å²) in [6.45, 7) is 3.05. The molecule has 0 fully saturated rings. The monoisotopic (exact) mass is 440 g/mol. The Bertz CT molecular complexity index is 1200. The van der Waals surface area contributed by atoms with Crippen LogP contribution in [-0.2, 0) is 6.61 Å². The zero-order valence-corrected chi connectivity index (χ0v) is 18.2. The van der Waals surface area contributed by atoms with Crippen molar-refractivity contribution < 1.29 is 14.3 Å². The summed E-state index contributed by atoms with van der Waals surface area (Å²) in [4.78, 5) is 12.4. The van der Waals surface area contributed by atoms with Gasteiger partial charge in [0, 0.05) is 5.56 Å². The van der Waals surface area contributed by atoms with E-state index in [1.54, 1.807) is 12.3 Å². The van der Waals surface area contributed by atoms with Gasteiger partial charge in [0.15, 0.2) is 0 Å². The number of carbonyl (C=O) groups excluding carboxylic acids is 1. The fourth-order valence-corrected chi connectivity index (χ4v) is 3.09. The van der Waals surface area contributed by atoms with Crippen LogP contribution in [0.25, 0.3) is 11.3 Å². The number of hydrogen-bond donors (Lipinski definition) is 2. The van der Waals surface area contributed by atoms with Gasteiger partial charge in [0.1, 0.15) is 23.8 Å². The summed E-state index contributed by atoms with van der Waals surface area (Å²) in [5.74, 6) is 1.18. The van der Waals surface area contributed by atoms with Gasteiger partial charge in [-0.25, -0.2) is 5.43 Å². The molecule has 1 amide bonds. The summed E-state index contributed by atoms with van der Waals surface area (Å²) in [5.41, 5.74) is 6.32. The summed E-state index contributed by atoms with van der Waals surface area (Å²) < 4.78 is 11.2. The van der Waals surface area contributed by atoms with Crippen LogP contribution in [-0.4, -0.2) is 28.9 Å². The van der Waals surface area contributed by atoms with Crippen LogP contribution in [0.3, 0.4) is 0 Å². The van der Waals surface area contributed by atoms with Crippen LogP contribution in [0.4, 0.5) is 0 Å². The van der Waals surface area contributed by atoms with E-state index in [1.807, 2.05) is 85.8 Å². The lowest BCUT2D eigenvalue weighted by molar-refractivity contribution is 0.0950. The zero-order valence-electron chi connectivity index (χ0n) is 18.2. The first-order chi connectivity index (χ1) is 16.2. The summed E-state index contributed by atoms with van der Waals surface area (Å²) in [6, 6.07) is 26.7. The van der Waals surface area contributed by atoms with Crippen molar-refractivity contribution in [2.45, 2.75) is 13.5 Å². The maximum absolute atomic E-state index is 12.4. The SMILES string of the molecule is CCOc1ccc(-c2cc(C(=O)N/N=C/c3ccc(OCc4ccccc4)cc3)[nH]n2)cc1. The predicted octanol–water partition coefficient (Wildman–Crippen LogP) is 4.82. The van der Waals surface area contributed by atoms with E-state index in [0.717, 1.165) is 28.2 Å². The minimum absolute atomic E-state index is 0.320. The van der Waals surface area contributed by atoms with Gasteiger partial charge in [0.2, 0.25) is 0 Å². The van der Waals surface area contributed by atoms with Crippen molar-refractivity contribution in [2.75, 3.05) is 6.61 Å². The van der Waals surface area contributed by atoms with E-state index in [4.69, 9.17) is 9.47 Å². The van der Waals surface area contributed by atoms with E-state index in [9.17, 15) is 4.79 Å². The average Bonchev–Trinajstić information content (AvgIpc) is 3.35. The van der Waals surface area contributed by atoms with Gasteiger partial charge in [-0.2, -0.15) is 10.2 Å². The first-order valence-corrected chi connectivity index (χ1v) is 10.6. The molecular weight excluding hydrogens is 416 g/mol. The van der Waals surface area contributed by atoms with Crippen molar-refractivity contribution in [1.29, 1.82) is 0 Å². The van der Waals surface area contributed by atoms with Crippen LogP contribution in [0.5, 0.6) is 11.5 Å². The second-order valence-corrected chi connectivity index (χ2v) is 7.17. The third kappa shape index (κ3) is 6.07. The Hall–Kier alpha value is -4.39. The average molecular weight is 441 g/mol. The molecule has 0 radical (unpaired) electrons. The molecule has 0 bridgehead atoms. The number of rotatable bonds is 9. The van der Waals surface area contributed by atoms with Gasteiger partial charge in [-0.3, -0.25) is 9.89 Å². The topological polar surface area (TPSA) is 88.6 Å². The number of H-pyrrole nitrogens is 1. The van der Waals surface area contributed by atoms with Gasteiger partial charge in [0.05, 0.1) is 18.5 Å². The van der Waals surface area contributed by atoms with Crippen LogP contribution in [0, 0.1) is 0 Å². The molecule has 0 spiro atoms. The first-order valence-electron chi connectivity index (χ1n) is 10.6. The van der Waals surface area contributed by atoms with Crippen molar-refractivity contribution >= 4 is 12.1 Å². The van der Waals surface area contributed by atoms with E-state index in [0.29, 0.717) is 24.6 Å². The molecular formula is C26H24N4O3. The van der Waals surface area contributed by atoms with Crippen LogP contribution in [0.15, 0.2) is 90.0 Å². The Kier molecular flexibility index (Phi) is 7.12. The molecule has 166 valence electrons. The predicted molar refractivity (Wildman–Crippen MR) is 127 cm³/mol. The number of amides is 1. The smallest absolute Gasteiger partial charge is 0.289 e. The highest BCUT2D eigenvalue weighted by Gasteiger charge is 2.10. The molecule has 0 saturated heterocycles. The largest absolute Gasteiger partial charge is 0.494 e. The highest BCUT2D eigenvalue weighted by molar-refractivity contribution is 5.94. The Morgan fingerprint density at radius 1 is 0.970 bits per heavy atom. The molecule has 7 heteroatoms.